The molecule has 9 nitrogen and oxygen atoms in total. The molecule has 1 aliphatic heterocycles. The Morgan fingerprint density at radius 3 is 2.56 bits per heavy atom. The lowest BCUT2D eigenvalue weighted by Gasteiger charge is -2.37. The number of aryl methyl sites for hydroxylation is 2. The molecular formula is C25H34N6O3. The van der Waals surface area contributed by atoms with Crippen molar-refractivity contribution in [2.75, 3.05) is 19.7 Å². The summed E-state index contributed by atoms with van der Waals surface area (Å²) in [6.07, 6.45) is 1.33. The van der Waals surface area contributed by atoms with Crippen LogP contribution in [0.2, 0.25) is 0 Å². The number of pyridine rings is 1. The summed E-state index contributed by atoms with van der Waals surface area (Å²) < 4.78 is 7.03. The van der Waals surface area contributed by atoms with Crippen LogP contribution in [0.5, 0.6) is 0 Å². The van der Waals surface area contributed by atoms with Crippen molar-refractivity contribution in [1.82, 2.24) is 30.1 Å². The van der Waals surface area contributed by atoms with Crippen LogP contribution in [0, 0.1) is 19.8 Å². The highest BCUT2D eigenvalue weighted by Gasteiger charge is 2.36. The van der Waals surface area contributed by atoms with E-state index in [-0.39, 0.29) is 23.0 Å². The predicted octanol–water partition coefficient (Wildman–Crippen LogP) is 3.25. The van der Waals surface area contributed by atoms with Crippen LogP contribution >= 0.6 is 0 Å². The highest BCUT2D eigenvalue weighted by molar-refractivity contribution is 5.83. The van der Waals surface area contributed by atoms with Crippen molar-refractivity contribution < 1.29 is 9.53 Å². The molecule has 0 bridgehead atoms. The van der Waals surface area contributed by atoms with Gasteiger partial charge in [0.05, 0.1) is 23.6 Å². The zero-order valence-corrected chi connectivity index (χ0v) is 20.9. The van der Waals surface area contributed by atoms with E-state index in [1.807, 2.05) is 40.7 Å². The molecule has 34 heavy (non-hydrogen) atoms. The summed E-state index contributed by atoms with van der Waals surface area (Å²) in [5.41, 5.74) is 3.10. The van der Waals surface area contributed by atoms with Crippen molar-refractivity contribution in [3.8, 4) is 0 Å². The Balaban J connectivity index is 1.81. The van der Waals surface area contributed by atoms with Gasteiger partial charge in [-0.3, -0.25) is 14.5 Å². The van der Waals surface area contributed by atoms with E-state index >= 15 is 0 Å². The summed E-state index contributed by atoms with van der Waals surface area (Å²) in [4.78, 5) is 31.0. The van der Waals surface area contributed by atoms with E-state index in [4.69, 9.17) is 4.74 Å². The molecule has 0 radical (unpaired) electrons. The van der Waals surface area contributed by atoms with Crippen LogP contribution in [-0.4, -0.2) is 55.8 Å². The van der Waals surface area contributed by atoms with Gasteiger partial charge in [0.2, 0.25) is 0 Å². The maximum atomic E-state index is 13.4. The summed E-state index contributed by atoms with van der Waals surface area (Å²) in [7, 11) is 0. The second-order valence-corrected chi connectivity index (χ2v) is 10.2. The van der Waals surface area contributed by atoms with Crippen LogP contribution < -0.4 is 5.56 Å². The topological polar surface area (TPSA) is 106 Å². The van der Waals surface area contributed by atoms with E-state index in [1.165, 1.54) is 0 Å². The van der Waals surface area contributed by atoms with Gasteiger partial charge in [-0.25, -0.2) is 4.68 Å². The van der Waals surface area contributed by atoms with E-state index in [2.05, 4.69) is 44.5 Å². The number of aromatic amines is 1. The van der Waals surface area contributed by atoms with Crippen LogP contribution in [0.4, 0.5) is 0 Å². The fourth-order valence-electron chi connectivity index (χ4n) is 4.90. The maximum Gasteiger partial charge on any atom is 0.309 e. The Morgan fingerprint density at radius 2 is 1.91 bits per heavy atom. The van der Waals surface area contributed by atoms with E-state index in [0.29, 0.717) is 43.9 Å². The molecule has 0 saturated carbocycles. The van der Waals surface area contributed by atoms with Gasteiger partial charge >= 0.3 is 5.97 Å². The quantitative estimate of drug-likeness (QED) is 0.575. The van der Waals surface area contributed by atoms with E-state index < -0.39 is 6.04 Å². The minimum atomic E-state index is -0.439. The third kappa shape index (κ3) is 4.61. The SMILES string of the molecule is CCOC(=O)C1CCN(C(c2cc3cc(C)cc(C)c3[nH]c2=O)c2nnnn2C(C)(C)C)CC1. The average molecular weight is 467 g/mol. The number of carbonyl (C=O) groups is 1. The van der Waals surface area contributed by atoms with Gasteiger partial charge in [0.15, 0.2) is 5.82 Å². The second-order valence-electron chi connectivity index (χ2n) is 10.2. The van der Waals surface area contributed by atoms with Gasteiger partial charge in [-0.1, -0.05) is 11.6 Å². The minimum Gasteiger partial charge on any atom is -0.466 e. The van der Waals surface area contributed by atoms with Crippen molar-refractivity contribution in [2.45, 2.75) is 66.0 Å². The van der Waals surface area contributed by atoms with Gasteiger partial charge in [0.25, 0.3) is 5.56 Å². The monoisotopic (exact) mass is 466 g/mol. The van der Waals surface area contributed by atoms with Crippen LogP contribution in [-0.2, 0) is 15.1 Å². The number of nitrogens with one attached hydrogen (secondary N) is 1. The molecule has 1 aromatic carbocycles. The van der Waals surface area contributed by atoms with Crippen molar-refractivity contribution in [2.24, 2.45) is 5.92 Å². The Bertz CT molecular complexity index is 1250. The fraction of sp³-hybridized carbons (Fsp3) is 0.560. The standard InChI is InChI=1S/C25H34N6O3/c1-7-34-24(33)17-8-10-30(11-9-17)21(22-27-28-29-31(22)25(4,5)6)19-14-18-13-15(2)12-16(3)20(18)26-23(19)32/h12-14,17,21H,7-11H2,1-6H3,(H,26,32). The van der Waals surface area contributed by atoms with Crippen molar-refractivity contribution in [3.63, 3.8) is 0 Å². The lowest BCUT2D eigenvalue weighted by atomic mass is 9.93. The van der Waals surface area contributed by atoms with Crippen LogP contribution in [0.1, 0.15) is 69.1 Å². The number of hydrogen-bond donors (Lipinski definition) is 1. The van der Waals surface area contributed by atoms with E-state index in [0.717, 1.165) is 22.0 Å². The van der Waals surface area contributed by atoms with Gasteiger partial charge in [-0.2, -0.15) is 0 Å². The highest BCUT2D eigenvalue weighted by atomic mass is 16.5. The normalized spacial score (nSPS) is 16.6. The number of fused-ring (bicyclic) bond motifs is 1. The number of rotatable bonds is 5. The number of hydrogen-bond acceptors (Lipinski definition) is 7. The second kappa shape index (κ2) is 9.29. The molecule has 1 saturated heterocycles. The van der Waals surface area contributed by atoms with Gasteiger partial charge in [-0.15, -0.1) is 5.10 Å². The molecule has 3 heterocycles. The molecule has 0 aliphatic carbocycles. The molecule has 4 rings (SSSR count). The number of esters is 1. The summed E-state index contributed by atoms with van der Waals surface area (Å²) in [5.74, 6) is 0.347. The molecule has 1 atom stereocenters. The molecule has 9 heteroatoms. The van der Waals surface area contributed by atoms with Crippen molar-refractivity contribution in [3.05, 3.63) is 51.1 Å². The molecule has 0 amide bonds. The molecule has 1 N–H and O–H groups in total. The summed E-state index contributed by atoms with van der Waals surface area (Å²) in [5, 5.41) is 13.6. The van der Waals surface area contributed by atoms with Gasteiger partial charge < -0.3 is 9.72 Å². The first kappa shape index (κ1) is 24.1. The molecular weight excluding hydrogens is 432 g/mol. The zero-order valence-electron chi connectivity index (χ0n) is 20.9. The lowest BCUT2D eigenvalue weighted by Crippen LogP contribution is -2.43. The number of tetrazole rings is 1. The number of benzene rings is 1. The number of aromatic nitrogens is 5. The summed E-state index contributed by atoms with van der Waals surface area (Å²) >= 11 is 0. The van der Waals surface area contributed by atoms with Crippen LogP contribution in [0.3, 0.4) is 0 Å². The minimum absolute atomic E-state index is 0.129. The summed E-state index contributed by atoms with van der Waals surface area (Å²) in [6.45, 7) is 13.6. The Kier molecular flexibility index (Phi) is 6.58. The third-order valence-electron chi connectivity index (χ3n) is 6.50. The zero-order chi connectivity index (χ0) is 24.6. The maximum absolute atomic E-state index is 13.4. The molecule has 182 valence electrons. The average Bonchev–Trinajstić information content (AvgIpc) is 3.26. The highest BCUT2D eigenvalue weighted by Crippen LogP contribution is 2.33. The van der Waals surface area contributed by atoms with Crippen molar-refractivity contribution >= 4 is 16.9 Å². The fourth-order valence-corrected chi connectivity index (χ4v) is 4.90. The predicted molar refractivity (Wildman–Crippen MR) is 130 cm³/mol. The lowest BCUT2D eigenvalue weighted by molar-refractivity contribution is -0.149. The molecule has 0 spiro atoms. The molecule has 1 unspecified atom stereocenters. The number of likely N-dealkylation sites (tertiary alicyclic amines) is 1. The van der Waals surface area contributed by atoms with Crippen molar-refractivity contribution in [1.29, 1.82) is 0 Å². The molecule has 3 aromatic rings. The van der Waals surface area contributed by atoms with Crippen LogP contribution in [0.15, 0.2) is 23.0 Å². The number of ether oxygens (including phenoxy) is 1. The number of carbonyl (C=O) groups excluding carboxylic acids is 1. The molecule has 2 aromatic heterocycles. The molecule has 1 fully saturated rings. The number of nitrogens with zero attached hydrogens (tertiary/aromatic N) is 5. The first-order chi connectivity index (χ1) is 16.1. The Hall–Kier alpha value is -3.07. The summed E-state index contributed by atoms with van der Waals surface area (Å²) in [6, 6.07) is 5.68. The van der Waals surface area contributed by atoms with Crippen LogP contribution in [0.25, 0.3) is 10.9 Å². The van der Waals surface area contributed by atoms with E-state index in [1.54, 1.807) is 4.68 Å². The van der Waals surface area contributed by atoms with Gasteiger partial charge in [0.1, 0.15) is 6.04 Å². The third-order valence-corrected chi connectivity index (χ3v) is 6.50. The first-order valence-corrected chi connectivity index (χ1v) is 11.9. The van der Waals surface area contributed by atoms with Gasteiger partial charge in [0, 0.05) is 18.7 Å². The molecule has 1 aliphatic rings. The smallest absolute Gasteiger partial charge is 0.309 e. The number of H-pyrrole nitrogens is 1. The Morgan fingerprint density at radius 1 is 1.21 bits per heavy atom. The number of piperidine rings is 1. The largest absolute Gasteiger partial charge is 0.466 e. The van der Waals surface area contributed by atoms with E-state index in [9.17, 15) is 9.59 Å². The first-order valence-electron chi connectivity index (χ1n) is 11.9. The van der Waals surface area contributed by atoms with Gasteiger partial charge in [-0.05, 0) is 87.9 Å². The Labute approximate surface area is 199 Å².